The second kappa shape index (κ2) is 13.6. The topological polar surface area (TPSA) is 70.2 Å². The number of carbonyl (C=O) groups excluding carboxylic acids is 3. The Hall–Kier alpha value is -3.42. The van der Waals surface area contributed by atoms with Crippen LogP contribution >= 0.6 is 0 Å². The molecule has 0 unspecified atom stereocenters. The molecule has 0 radical (unpaired) electrons. The number of hydrogen-bond donors (Lipinski definition) is 0. The number of nitrogens with zero attached hydrogens (tertiary/aromatic N) is 3. The molecule has 0 N–H and O–H groups in total. The summed E-state index contributed by atoms with van der Waals surface area (Å²) in [5.41, 5.74) is 1.58. The maximum Gasteiger partial charge on any atom is 0.414 e. The Morgan fingerprint density at radius 1 is 0.917 bits per heavy atom. The molecule has 4 rings (SSSR count). The van der Waals surface area contributed by atoms with Gasteiger partial charge in [0.25, 0.3) is 11.8 Å². The summed E-state index contributed by atoms with van der Waals surface area (Å²) in [4.78, 5) is 42.0. The van der Waals surface area contributed by atoms with Crippen LogP contribution in [0.25, 0.3) is 0 Å². The van der Waals surface area contributed by atoms with Crippen molar-refractivity contribution in [3.63, 3.8) is 0 Å². The number of fused-ring (bicyclic) bond motifs is 1. The van der Waals surface area contributed by atoms with E-state index >= 15 is 0 Å². The average Bonchev–Trinajstić information content (AvgIpc) is 3.39. The highest BCUT2D eigenvalue weighted by atomic mass is 19.1. The molecule has 196 valence electrons. The van der Waals surface area contributed by atoms with E-state index in [4.69, 9.17) is 4.74 Å². The number of anilines is 2. The monoisotopic (exact) mass is 499 g/mol. The van der Waals surface area contributed by atoms with Crippen molar-refractivity contribution >= 4 is 29.3 Å². The smallest absolute Gasteiger partial charge is 0.414 e. The molecule has 0 spiro atoms. The Morgan fingerprint density at radius 2 is 1.47 bits per heavy atom. The van der Waals surface area contributed by atoms with Crippen molar-refractivity contribution in [2.45, 2.75) is 60.5 Å². The number of amides is 3. The fraction of sp³-hybridized carbons (Fsp3) is 0.464. The van der Waals surface area contributed by atoms with Crippen molar-refractivity contribution in [1.82, 2.24) is 4.90 Å². The maximum absolute atomic E-state index is 14.9. The first-order valence-corrected chi connectivity index (χ1v) is 12.9. The van der Waals surface area contributed by atoms with Gasteiger partial charge in [-0.2, -0.15) is 0 Å². The zero-order valence-electron chi connectivity index (χ0n) is 22.2. The lowest BCUT2D eigenvalue weighted by molar-refractivity contribution is 0.0558. The Morgan fingerprint density at radius 3 is 1.97 bits per heavy atom. The molecule has 2 heterocycles. The van der Waals surface area contributed by atoms with Crippen molar-refractivity contribution < 1.29 is 23.5 Å². The van der Waals surface area contributed by atoms with Crippen molar-refractivity contribution in [3.05, 3.63) is 59.4 Å². The summed E-state index contributed by atoms with van der Waals surface area (Å²) in [6.07, 6.45) is 0.486. The van der Waals surface area contributed by atoms with Gasteiger partial charge in [0.05, 0.1) is 35.6 Å². The van der Waals surface area contributed by atoms with Gasteiger partial charge in [-0.3, -0.25) is 19.4 Å². The van der Waals surface area contributed by atoms with E-state index in [0.717, 1.165) is 30.8 Å². The molecular formula is C28H38FN3O4. The van der Waals surface area contributed by atoms with E-state index in [2.05, 4.69) is 0 Å². The molecule has 1 fully saturated rings. The molecule has 0 bridgehead atoms. The van der Waals surface area contributed by atoms with Crippen LogP contribution in [0.1, 0.15) is 75.1 Å². The summed E-state index contributed by atoms with van der Waals surface area (Å²) >= 11 is 0. The Labute approximate surface area is 213 Å². The second-order valence-electron chi connectivity index (χ2n) is 8.01. The van der Waals surface area contributed by atoms with Gasteiger partial charge in [-0.25, -0.2) is 9.18 Å². The number of carbonyl (C=O) groups is 3. The van der Waals surface area contributed by atoms with E-state index in [0.29, 0.717) is 22.5 Å². The largest absolute Gasteiger partial charge is 0.442 e. The van der Waals surface area contributed by atoms with E-state index in [1.165, 1.54) is 11.0 Å². The summed E-state index contributed by atoms with van der Waals surface area (Å²) in [7, 11) is 0. The second-order valence-corrected chi connectivity index (χ2v) is 8.01. The molecule has 3 amide bonds. The third-order valence-electron chi connectivity index (χ3n) is 5.71. The number of cyclic esters (lactones) is 1. The van der Waals surface area contributed by atoms with E-state index < -0.39 is 29.8 Å². The summed E-state index contributed by atoms with van der Waals surface area (Å²) in [5.74, 6) is -1.20. The summed E-state index contributed by atoms with van der Waals surface area (Å²) < 4.78 is 20.3. The highest BCUT2D eigenvalue weighted by molar-refractivity contribution is 6.21. The standard InChI is InChI=1S/C24H26FN3O4.2C2H6/c1-3-11-26(12-4-2)21-10-9-16(13-20(21)25)27-14-17(32-24(27)31)15-28-22(29)18-7-5-6-8-19(18)23(28)30;2*1-2/h5-10,13,17H,3-4,11-12,14-15H2,1-2H3;2*1-2H3/t17-;;/m1../s1. The van der Waals surface area contributed by atoms with E-state index in [-0.39, 0.29) is 13.1 Å². The third-order valence-corrected chi connectivity index (χ3v) is 5.71. The van der Waals surface area contributed by atoms with Gasteiger partial charge < -0.3 is 9.64 Å². The third kappa shape index (κ3) is 6.04. The van der Waals surface area contributed by atoms with Crippen molar-refractivity contribution in [1.29, 1.82) is 0 Å². The first kappa shape index (κ1) is 28.8. The van der Waals surface area contributed by atoms with Crippen LogP contribution in [0, 0.1) is 5.82 Å². The number of imide groups is 1. The van der Waals surface area contributed by atoms with Gasteiger partial charge in [-0.15, -0.1) is 0 Å². The fourth-order valence-electron chi connectivity index (χ4n) is 4.25. The highest BCUT2D eigenvalue weighted by Crippen LogP contribution is 2.29. The van der Waals surface area contributed by atoms with E-state index in [1.54, 1.807) is 36.4 Å². The molecule has 0 aliphatic carbocycles. The minimum absolute atomic E-state index is 0.0457. The molecule has 1 saturated heterocycles. The van der Waals surface area contributed by atoms with Crippen molar-refractivity contribution in [2.24, 2.45) is 0 Å². The zero-order chi connectivity index (χ0) is 26.8. The molecule has 2 aromatic carbocycles. The first-order chi connectivity index (χ1) is 17.4. The molecule has 2 aliphatic rings. The van der Waals surface area contributed by atoms with Crippen LogP contribution in [0.4, 0.5) is 20.6 Å². The molecule has 0 saturated carbocycles. The molecule has 36 heavy (non-hydrogen) atoms. The van der Waals surface area contributed by atoms with E-state index in [1.807, 2.05) is 46.4 Å². The first-order valence-electron chi connectivity index (χ1n) is 12.9. The van der Waals surface area contributed by atoms with Crippen LogP contribution in [-0.2, 0) is 4.74 Å². The highest BCUT2D eigenvalue weighted by Gasteiger charge is 2.40. The number of halogens is 1. The van der Waals surface area contributed by atoms with Crippen molar-refractivity contribution in [2.75, 3.05) is 36.0 Å². The summed E-state index contributed by atoms with van der Waals surface area (Å²) in [6, 6.07) is 11.3. The van der Waals surface area contributed by atoms with Crippen LogP contribution in [0.2, 0.25) is 0 Å². The maximum atomic E-state index is 14.9. The zero-order valence-corrected chi connectivity index (χ0v) is 22.2. The lowest BCUT2D eigenvalue weighted by Gasteiger charge is -2.25. The molecule has 2 aliphatic heterocycles. The number of ether oxygens (including phenoxy) is 1. The summed E-state index contributed by atoms with van der Waals surface area (Å²) in [5, 5.41) is 0. The van der Waals surface area contributed by atoms with Gasteiger partial charge in [0.1, 0.15) is 11.9 Å². The van der Waals surface area contributed by atoms with Crippen LogP contribution < -0.4 is 9.80 Å². The molecule has 8 heteroatoms. The molecule has 0 aromatic heterocycles. The minimum atomic E-state index is -0.691. The van der Waals surface area contributed by atoms with Gasteiger partial charge in [0, 0.05) is 13.1 Å². The molecule has 7 nitrogen and oxygen atoms in total. The lowest BCUT2D eigenvalue weighted by atomic mass is 10.1. The average molecular weight is 500 g/mol. The van der Waals surface area contributed by atoms with Crippen LogP contribution in [0.5, 0.6) is 0 Å². The SMILES string of the molecule is CC.CC.CCCN(CCC)c1ccc(N2C[C@H](CN3C(=O)c4ccccc4C3=O)OC2=O)cc1F. The quantitative estimate of drug-likeness (QED) is 0.409. The van der Waals surface area contributed by atoms with Crippen LogP contribution in [0.3, 0.4) is 0 Å². The van der Waals surface area contributed by atoms with Gasteiger partial charge in [0.2, 0.25) is 0 Å². The van der Waals surface area contributed by atoms with Gasteiger partial charge in [-0.1, -0.05) is 53.7 Å². The molecule has 2 aromatic rings. The molecular weight excluding hydrogens is 461 g/mol. The van der Waals surface area contributed by atoms with Gasteiger partial charge in [-0.05, 0) is 43.2 Å². The van der Waals surface area contributed by atoms with Gasteiger partial charge >= 0.3 is 6.09 Å². The normalized spacial score (nSPS) is 16.1. The summed E-state index contributed by atoms with van der Waals surface area (Å²) in [6.45, 7) is 13.7. The number of rotatable bonds is 8. The van der Waals surface area contributed by atoms with Crippen LogP contribution in [0.15, 0.2) is 42.5 Å². The minimum Gasteiger partial charge on any atom is -0.442 e. The van der Waals surface area contributed by atoms with Crippen molar-refractivity contribution in [3.8, 4) is 0 Å². The number of benzene rings is 2. The lowest BCUT2D eigenvalue weighted by Crippen LogP contribution is -2.38. The Bertz CT molecular complexity index is 1020. The fourth-order valence-corrected chi connectivity index (χ4v) is 4.25. The number of hydrogen-bond acceptors (Lipinski definition) is 5. The predicted molar refractivity (Wildman–Crippen MR) is 141 cm³/mol. The van der Waals surface area contributed by atoms with Gasteiger partial charge in [0.15, 0.2) is 0 Å². The van der Waals surface area contributed by atoms with Crippen LogP contribution in [-0.4, -0.2) is 55.1 Å². The molecule has 1 atom stereocenters. The Balaban J connectivity index is 0.00000109. The predicted octanol–water partition coefficient (Wildman–Crippen LogP) is 6.13. The van der Waals surface area contributed by atoms with E-state index in [9.17, 15) is 18.8 Å². The Kier molecular flexibility index (Phi) is 10.9.